The van der Waals surface area contributed by atoms with Gasteiger partial charge in [-0.05, 0) is 37.7 Å². The summed E-state index contributed by atoms with van der Waals surface area (Å²) < 4.78 is 15.9. The lowest BCUT2D eigenvalue weighted by atomic mass is 10.2. The highest BCUT2D eigenvalue weighted by atomic mass is 16.5. The van der Waals surface area contributed by atoms with Gasteiger partial charge in [0.05, 0.1) is 20.3 Å². The lowest BCUT2D eigenvalue weighted by molar-refractivity contribution is 0.148. The minimum atomic E-state index is 0.432. The van der Waals surface area contributed by atoms with Gasteiger partial charge in [0.15, 0.2) is 0 Å². The van der Waals surface area contributed by atoms with E-state index in [0.717, 1.165) is 30.9 Å². The standard InChI is InChI=1S/C15H19N3O3/c1-18(12-7-8-20-10-12)9-14-16-15(17-21-14)11-3-5-13(19-2)6-4-11/h3-6,12H,7-10H2,1-2H3/t12-/m0/s1. The predicted molar refractivity (Wildman–Crippen MR) is 77.0 cm³/mol. The Hall–Kier alpha value is -1.92. The molecule has 112 valence electrons. The summed E-state index contributed by atoms with van der Waals surface area (Å²) in [5.41, 5.74) is 0.914. The van der Waals surface area contributed by atoms with Crippen molar-refractivity contribution in [3.63, 3.8) is 0 Å². The Morgan fingerprint density at radius 3 is 2.81 bits per heavy atom. The van der Waals surface area contributed by atoms with E-state index in [-0.39, 0.29) is 0 Å². The van der Waals surface area contributed by atoms with Gasteiger partial charge in [0, 0.05) is 18.2 Å². The molecule has 1 aromatic carbocycles. The van der Waals surface area contributed by atoms with Crippen molar-refractivity contribution >= 4 is 0 Å². The molecular formula is C15H19N3O3. The van der Waals surface area contributed by atoms with Crippen molar-refractivity contribution < 1.29 is 14.0 Å². The summed E-state index contributed by atoms with van der Waals surface area (Å²) in [7, 11) is 3.70. The maximum Gasteiger partial charge on any atom is 0.241 e. The monoisotopic (exact) mass is 289 g/mol. The van der Waals surface area contributed by atoms with E-state index in [2.05, 4.69) is 22.1 Å². The zero-order valence-corrected chi connectivity index (χ0v) is 12.3. The topological polar surface area (TPSA) is 60.6 Å². The molecule has 0 saturated carbocycles. The molecule has 1 aliphatic heterocycles. The van der Waals surface area contributed by atoms with E-state index in [0.29, 0.717) is 24.3 Å². The van der Waals surface area contributed by atoms with Crippen molar-refractivity contribution in [2.24, 2.45) is 0 Å². The smallest absolute Gasteiger partial charge is 0.241 e. The molecule has 1 aromatic heterocycles. The first-order valence-corrected chi connectivity index (χ1v) is 7.01. The quantitative estimate of drug-likeness (QED) is 0.838. The number of methoxy groups -OCH3 is 1. The molecule has 0 radical (unpaired) electrons. The Morgan fingerprint density at radius 2 is 2.14 bits per heavy atom. The van der Waals surface area contributed by atoms with Crippen LogP contribution in [0, 0.1) is 0 Å². The SMILES string of the molecule is COc1ccc(-c2noc(CN(C)[C@H]3CCOC3)n2)cc1. The second-order valence-electron chi connectivity index (χ2n) is 5.17. The summed E-state index contributed by atoms with van der Waals surface area (Å²) in [5.74, 6) is 2.03. The van der Waals surface area contributed by atoms with Crippen LogP contribution < -0.4 is 4.74 Å². The number of hydrogen-bond donors (Lipinski definition) is 0. The van der Waals surface area contributed by atoms with E-state index in [9.17, 15) is 0 Å². The number of benzene rings is 1. The van der Waals surface area contributed by atoms with E-state index in [1.54, 1.807) is 7.11 Å². The van der Waals surface area contributed by atoms with Gasteiger partial charge in [-0.3, -0.25) is 4.90 Å². The molecule has 6 heteroatoms. The molecule has 3 rings (SSSR count). The number of rotatable bonds is 5. The number of aromatic nitrogens is 2. The molecule has 0 unspecified atom stereocenters. The first-order chi connectivity index (χ1) is 10.3. The summed E-state index contributed by atoms with van der Waals surface area (Å²) in [6.45, 7) is 2.24. The molecule has 6 nitrogen and oxygen atoms in total. The summed E-state index contributed by atoms with van der Waals surface area (Å²) in [6.07, 6.45) is 1.05. The zero-order valence-electron chi connectivity index (χ0n) is 12.3. The van der Waals surface area contributed by atoms with Gasteiger partial charge in [0.2, 0.25) is 11.7 Å². The zero-order chi connectivity index (χ0) is 14.7. The van der Waals surface area contributed by atoms with E-state index in [1.165, 1.54) is 0 Å². The molecule has 1 atom stereocenters. The molecule has 1 saturated heterocycles. The third-order valence-corrected chi connectivity index (χ3v) is 3.73. The number of nitrogens with zero attached hydrogens (tertiary/aromatic N) is 3. The van der Waals surface area contributed by atoms with Crippen LogP contribution in [-0.2, 0) is 11.3 Å². The van der Waals surface area contributed by atoms with Gasteiger partial charge in [0.25, 0.3) is 0 Å². The summed E-state index contributed by atoms with van der Waals surface area (Å²) in [5, 5.41) is 4.04. The minimum absolute atomic E-state index is 0.432. The summed E-state index contributed by atoms with van der Waals surface area (Å²) in [6, 6.07) is 8.03. The van der Waals surface area contributed by atoms with Gasteiger partial charge in [0.1, 0.15) is 5.75 Å². The average Bonchev–Trinajstić information content (AvgIpc) is 3.19. The van der Waals surface area contributed by atoms with Crippen molar-refractivity contribution in [1.29, 1.82) is 0 Å². The van der Waals surface area contributed by atoms with Crippen LogP contribution in [0.2, 0.25) is 0 Å². The van der Waals surface area contributed by atoms with Crippen molar-refractivity contribution in [2.75, 3.05) is 27.4 Å². The Labute approximate surface area is 123 Å². The van der Waals surface area contributed by atoms with Crippen molar-refractivity contribution in [1.82, 2.24) is 15.0 Å². The second kappa shape index (κ2) is 6.24. The fourth-order valence-electron chi connectivity index (χ4n) is 2.39. The van der Waals surface area contributed by atoms with Crippen LogP contribution in [0.15, 0.2) is 28.8 Å². The van der Waals surface area contributed by atoms with Gasteiger partial charge in [-0.2, -0.15) is 4.98 Å². The van der Waals surface area contributed by atoms with Crippen molar-refractivity contribution in [3.05, 3.63) is 30.2 Å². The molecule has 0 bridgehead atoms. The number of ether oxygens (including phenoxy) is 2. The van der Waals surface area contributed by atoms with Crippen LogP contribution in [0.3, 0.4) is 0 Å². The van der Waals surface area contributed by atoms with Crippen LogP contribution in [0.4, 0.5) is 0 Å². The molecule has 1 fully saturated rings. The highest BCUT2D eigenvalue weighted by Gasteiger charge is 2.22. The third-order valence-electron chi connectivity index (χ3n) is 3.73. The number of hydrogen-bond acceptors (Lipinski definition) is 6. The molecule has 2 aromatic rings. The van der Waals surface area contributed by atoms with Crippen LogP contribution >= 0.6 is 0 Å². The van der Waals surface area contributed by atoms with E-state index in [1.807, 2.05) is 24.3 Å². The largest absolute Gasteiger partial charge is 0.497 e. The molecule has 0 spiro atoms. The lowest BCUT2D eigenvalue weighted by Gasteiger charge is -2.20. The molecular weight excluding hydrogens is 270 g/mol. The van der Waals surface area contributed by atoms with Crippen molar-refractivity contribution in [3.8, 4) is 17.1 Å². The molecule has 21 heavy (non-hydrogen) atoms. The maximum absolute atomic E-state index is 5.39. The Bertz CT molecular complexity index is 576. The van der Waals surface area contributed by atoms with Crippen molar-refractivity contribution in [2.45, 2.75) is 19.0 Å². The Kier molecular flexibility index (Phi) is 4.17. The molecule has 0 amide bonds. The average molecular weight is 289 g/mol. The van der Waals surface area contributed by atoms with Gasteiger partial charge >= 0.3 is 0 Å². The Morgan fingerprint density at radius 1 is 1.33 bits per heavy atom. The first kappa shape index (κ1) is 14.0. The van der Waals surface area contributed by atoms with Crippen LogP contribution in [0.25, 0.3) is 11.4 Å². The molecule has 1 aliphatic rings. The first-order valence-electron chi connectivity index (χ1n) is 7.01. The Balaban J connectivity index is 1.67. The van der Waals surface area contributed by atoms with E-state index < -0.39 is 0 Å². The fourth-order valence-corrected chi connectivity index (χ4v) is 2.39. The van der Waals surface area contributed by atoms with Crippen LogP contribution in [-0.4, -0.2) is 48.5 Å². The van der Waals surface area contributed by atoms with E-state index >= 15 is 0 Å². The number of likely N-dealkylation sites (N-methyl/N-ethyl adjacent to an activating group) is 1. The van der Waals surface area contributed by atoms with E-state index in [4.69, 9.17) is 14.0 Å². The molecule has 2 heterocycles. The molecule has 0 aliphatic carbocycles. The molecule has 0 N–H and O–H groups in total. The third kappa shape index (κ3) is 3.22. The van der Waals surface area contributed by atoms with Gasteiger partial charge < -0.3 is 14.0 Å². The summed E-state index contributed by atoms with van der Waals surface area (Å²) in [4.78, 5) is 6.64. The highest BCUT2D eigenvalue weighted by Crippen LogP contribution is 2.20. The van der Waals surface area contributed by atoms with Gasteiger partial charge in [-0.25, -0.2) is 0 Å². The van der Waals surface area contributed by atoms with Crippen LogP contribution in [0.5, 0.6) is 5.75 Å². The predicted octanol–water partition coefficient (Wildman–Crippen LogP) is 1.97. The maximum atomic E-state index is 5.39. The van der Waals surface area contributed by atoms with Gasteiger partial charge in [-0.15, -0.1) is 0 Å². The lowest BCUT2D eigenvalue weighted by Crippen LogP contribution is -2.31. The highest BCUT2D eigenvalue weighted by molar-refractivity contribution is 5.55. The van der Waals surface area contributed by atoms with Gasteiger partial charge in [-0.1, -0.05) is 5.16 Å². The van der Waals surface area contributed by atoms with Crippen LogP contribution in [0.1, 0.15) is 12.3 Å². The second-order valence-corrected chi connectivity index (χ2v) is 5.17. The fraction of sp³-hybridized carbons (Fsp3) is 0.467. The summed E-state index contributed by atoms with van der Waals surface area (Å²) >= 11 is 0. The minimum Gasteiger partial charge on any atom is -0.497 e. The normalized spacial score (nSPS) is 18.3.